The first kappa shape index (κ1) is 23.8. The fourth-order valence-corrected chi connectivity index (χ4v) is 5.22. The maximum Gasteiger partial charge on any atom is 0.228 e. The highest BCUT2D eigenvalue weighted by Gasteiger charge is 2.34. The van der Waals surface area contributed by atoms with Crippen LogP contribution in [-0.4, -0.2) is 32.4 Å². The molecule has 0 fully saturated rings. The first-order valence-corrected chi connectivity index (χ1v) is 13.0. The van der Waals surface area contributed by atoms with E-state index in [9.17, 15) is 0 Å². The number of aromatic nitrogens is 4. The van der Waals surface area contributed by atoms with Crippen molar-refractivity contribution in [2.45, 2.75) is 19.4 Å². The molecule has 3 heterocycles. The van der Waals surface area contributed by atoms with Gasteiger partial charge in [0.15, 0.2) is 18.1 Å². The number of methoxy groups -OCH3 is 1. The minimum Gasteiger partial charge on any atom is -0.497 e. The van der Waals surface area contributed by atoms with Gasteiger partial charge in [-0.15, -0.1) is 5.10 Å². The third-order valence-corrected chi connectivity index (χ3v) is 7.18. The minimum absolute atomic E-state index is 0.113. The number of hydrogen-bond acceptors (Lipinski definition) is 7. The molecule has 1 aliphatic rings. The van der Waals surface area contributed by atoms with E-state index < -0.39 is 0 Å². The molecule has 0 saturated heterocycles. The molecule has 196 valence electrons. The van der Waals surface area contributed by atoms with Crippen LogP contribution in [0.25, 0.3) is 16.4 Å². The van der Waals surface area contributed by atoms with E-state index in [0.29, 0.717) is 17.4 Å². The molecule has 40 heavy (non-hydrogen) atoms. The Morgan fingerprint density at radius 1 is 0.950 bits per heavy atom. The van der Waals surface area contributed by atoms with Gasteiger partial charge in [-0.05, 0) is 47.7 Å². The Hall–Kier alpha value is -5.24. The molecule has 4 aromatic carbocycles. The van der Waals surface area contributed by atoms with E-state index >= 15 is 0 Å². The molecule has 0 saturated carbocycles. The monoisotopic (exact) mass is 527 g/mol. The second-order valence-corrected chi connectivity index (χ2v) is 9.59. The highest BCUT2D eigenvalue weighted by Crippen LogP contribution is 2.50. The van der Waals surface area contributed by atoms with Crippen LogP contribution in [0.1, 0.15) is 40.9 Å². The third-order valence-electron chi connectivity index (χ3n) is 7.18. The third kappa shape index (κ3) is 4.10. The molecule has 0 aliphatic carbocycles. The number of benzene rings is 4. The van der Waals surface area contributed by atoms with Crippen LogP contribution in [0.2, 0.25) is 0 Å². The standard InChI is InChI=1S/C32H25N5O3/c1-20(21-12-15-24(38-2)16-13-21)36-39-18-27-34-31-29-28(23-9-4-3-5-10-23)26-17-14-22-8-6-7-11-25(22)30(26)40-32(29)33-19-37(31)35-27/h3-17,19,28H,18H2,1-2H3/b36-20-. The lowest BCUT2D eigenvalue weighted by Crippen LogP contribution is -2.15. The van der Waals surface area contributed by atoms with E-state index in [2.05, 4.69) is 51.6 Å². The Morgan fingerprint density at radius 3 is 2.58 bits per heavy atom. The maximum absolute atomic E-state index is 6.48. The van der Waals surface area contributed by atoms with E-state index in [1.165, 1.54) is 0 Å². The van der Waals surface area contributed by atoms with Crippen molar-refractivity contribution in [1.82, 2.24) is 19.6 Å². The van der Waals surface area contributed by atoms with Gasteiger partial charge in [0.1, 0.15) is 17.8 Å². The zero-order chi connectivity index (χ0) is 27.1. The van der Waals surface area contributed by atoms with E-state index in [1.54, 1.807) is 18.0 Å². The summed E-state index contributed by atoms with van der Waals surface area (Å²) in [7, 11) is 1.64. The highest BCUT2D eigenvalue weighted by molar-refractivity contribution is 5.98. The summed E-state index contributed by atoms with van der Waals surface area (Å²) in [5.74, 6) is 2.50. The number of oxime groups is 1. The van der Waals surface area contributed by atoms with E-state index in [4.69, 9.17) is 19.3 Å². The molecule has 1 aliphatic heterocycles. The zero-order valence-corrected chi connectivity index (χ0v) is 22.0. The molecule has 2 aromatic heterocycles. The van der Waals surface area contributed by atoms with Crippen molar-refractivity contribution in [3.05, 3.63) is 125 Å². The molecule has 7 rings (SSSR count). The molecule has 6 aromatic rings. The van der Waals surface area contributed by atoms with Gasteiger partial charge in [0.2, 0.25) is 5.88 Å². The van der Waals surface area contributed by atoms with Crippen molar-refractivity contribution in [2.24, 2.45) is 5.16 Å². The lowest BCUT2D eigenvalue weighted by Gasteiger charge is -2.28. The largest absolute Gasteiger partial charge is 0.497 e. The van der Waals surface area contributed by atoms with Crippen LogP contribution in [0, 0.1) is 0 Å². The fourth-order valence-electron chi connectivity index (χ4n) is 5.22. The average Bonchev–Trinajstić information content (AvgIpc) is 3.43. The van der Waals surface area contributed by atoms with Gasteiger partial charge in [0.25, 0.3) is 0 Å². The summed E-state index contributed by atoms with van der Waals surface area (Å²) in [5.41, 5.74) is 5.41. The fraction of sp³-hybridized carbons (Fsp3) is 0.125. The molecule has 8 heteroatoms. The predicted octanol–water partition coefficient (Wildman–Crippen LogP) is 6.51. The van der Waals surface area contributed by atoms with E-state index in [-0.39, 0.29) is 12.5 Å². The van der Waals surface area contributed by atoms with Gasteiger partial charge in [-0.1, -0.05) is 71.9 Å². The van der Waals surface area contributed by atoms with E-state index in [0.717, 1.165) is 50.2 Å². The van der Waals surface area contributed by atoms with Crippen LogP contribution in [0.15, 0.2) is 102 Å². The highest BCUT2D eigenvalue weighted by atomic mass is 16.6. The lowest BCUT2D eigenvalue weighted by atomic mass is 9.83. The van der Waals surface area contributed by atoms with Crippen LogP contribution in [0.5, 0.6) is 17.4 Å². The first-order valence-electron chi connectivity index (χ1n) is 13.0. The minimum atomic E-state index is -0.130. The molecule has 0 bridgehead atoms. The summed E-state index contributed by atoms with van der Waals surface area (Å²) in [6.45, 7) is 2.00. The van der Waals surface area contributed by atoms with Crippen LogP contribution < -0.4 is 9.47 Å². The molecule has 1 unspecified atom stereocenters. The van der Waals surface area contributed by atoms with Crippen LogP contribution in [-0.2, 0) is 11.4 Å². The van der Waals surface area contributed by atoms with Gasteiger partial charge in [-0.25, -0.2) is 14.5 Å². The molecule has 1 atom stereocenters. The van der Waals surface area contributed by atoms with Crippen molar-refractivity contribution in [1.29, 1.82) is 0 Å². The van der Waals surface area contributed by atoms with Crippen LogP contribution in [0.3, 0.4) is 0 Å². The van der Waals surface area contributed by atoms with Gasteiger partial charge in [-0.2, -0.15) is 0 Å². The van der Waals surface area contributed by atoms with Crippen molar-refractivity contribution >= 4 is 22.1 Å². The van der Waals surface area contributed by atoms with Gasteiger partial charge in [0, 0.05) is 16.9 Å². The second-order valence-electron chi connectivity index (χ2n) is 9.59. The summed E-state index contributed by atoms with van der Waals surface area (Å²) < 4.78 is 13.4. The Bertz CT molecular complexity index is 1880. The summed E-state index contributed by atoms with van der Waals surface area (Å²) in [6.07, 6.45) is 1.63. The molecule has 0 spiro atoms. The van der Waals surface area contributed by atoms with Crippen molar-refractivity contribution in [2.75, 3.05) is 7.11 Å². The molecule has 8 nitrogen and oxygen atoms in total. The van der Waals surface area contributed by atoms with Gasteiger partial charge >= 0.3 is 0 Å². The Morgan fingerprint density at radius 2 is 1.75 bits per heavy atom. The number of fused-ring (bicyclic) bond motifs is 6. The van der Waals surface area contributed by atoms with Crippen molar-refractivity contribution in [3.8, 4) is 17.4 Å². The van der Waals surface area contributed by atoms with Crippen molar-refractivity contribution in [3.63, 3.8) is 0 Å². The molecule has 0 radical (unpaired) electrons. The molecule has 0 amide bonds. The average molecular weight is 528 g/mol. The number of ether oxygens (including phenoxy) is 2. The summed E-state index contributed by atoms with van der Waals surface area (Å²) in [5, 5.41) is 11.1. The smallest absolute Gasteiger partial charge is 0.228 e. The topological polar surface area (TPSA) is 83.1 Å². The second kappa shape index (κ2) is 9.81. The zero-order valence-electron chi connectivity index (χ0n) is 22.0. The quantitative estimate of drug-likeness (QED) is 0.181. The Labute approximate surface area is 230 Å². The van der Waals surface area contributed by atoms with E-state index in [1.807, 2.05) is 61.5 Å². The van der Waals surface area contributed by atoms with Crippen LogP contribution in [0.4, 0.5) is 0 Å². The van der Waals surface area contributed by atoms with Gasteiger partial charge < -0.3 is 14.3 Å². The van der Waals surface area contributed by atoms with Gasteiger partial charge in [-0.3, -0.25) is 0 Å². The molecular formula is C32H25N5O3. The number of nitrogens with zero attached hydrogens (tertiary/aromatic N) is 5. The van der Waals surface area contributed by atoms with Crippen molar-refractivity contribution < 1.29 is 14.3 Å². The number of hydrogen-bond donors (Lipinski definition) is 0. The van der Waals surface area contributed by atoms with Crippen LogP contribution >= 0.6 is 0 Å². The maximum atomic E-state index is 6.48. The lowest BCUT2D eigenvalue weighted by molar-refractivity contribution is 0.125. The molecule has 0 N–H and O–H groups in total. The Kier molecular flexibility index (Phi) is 5.85. The first-order chi connectivity index (χ1) is 19.7. The Balaban J connectivity index is 1.26. The molecular weight excluding hydrogens is 502 g/mol. The predicted molar refractivity (Wildman–Crippen MR) is 152 cm³/mol. The van der Waals surface area contributed by atoms with Gasteiger partial charge in [0.05, 0.1) is 18.4 Å². The summed E-state index contributed by atoms with van der Waals surface area (Å²) >= 11 is 0. The normalized spacial score (nSPS) is 14.4. The SMILES string of the molecule is COc1ccc(/C(C)=N\OCc2nc3c4c(ncn3n2)Oc2c(ccc3ccccc23)C4c2ccccc2)cc1. The summed E-state index contributed by atoms with van der Waals surface area (Å²) in [4.78, 5) is 15.2. The summed E-state index contributed by atoms with van der Waals surface area (Å²) in [6, 6.07) is 30.5. The number of rotatable bonds is 6.